The second-order valence-electron chi connectivity index (χ2n) is 11.7. The molecule has 4 saturated carbocycles. The first-order chi connectivity index (χ1) is 13.9. The molecule has 0 N–H and O–H groups in total. The second kappa shape index (κ2) is 11.4. The minimum Gasteiger partial charge on any atom is -0.0533 e. The smallest absolute Gasteiger partial charge is 0.0383 e. The first-order valence-corrected chi connectivity index (χ1v) is 13.9. The molecule has 0 aliphatic heterocycles. The molecule has 0 aromatic carbocycles. The fraction of sp³-hybridized carbons (Fsp3) is 1.00. The van der Waals surface area contributed by atoms with Gasteiger partial charge in [-0.05, 0) is 61.2 Å². The van der Waals surface area contributed by atoms with E-state index in [-0.39, 0.29) is 0 Å². The Morgan fingerprint density at radius 3 is 1.21 bits per heavy atom. The summed E-state index contributed by atoms with van der Waals surface area (Å²) < 4.78 is 0. The van der Waals surface area contributed by atoms with E-state index in [1.807, 2.05) is 0 Å². The van der Waals surface area contributed by atoms with E-state index in [0.29, 0.717) is 0 Å². The van der Waals surface area contributed by atoms with Crippen molar-refractivity contribution >= 4 is 0 Å². The van der Waals surface area contributed by atoms with Crippen molar-refractivity contribution < 1.29 is 0 Å². The Bertz CT molecular complexity index is 386. The molecule has 0 aromatic rings. The molecule has 0 radical (unpaired) electrons. The number of hydrogen-bond acceptors (Lipinski definition) is 0. The zero-order valence-electron chi connectivity index (χ0n) is 19.0. The maximum Gasteiger partial charge on any atom is -0.0383 e. The minimum absolute atomic E-state index is 1.11. The van der Waals surface area contributed by atoms with Gasteiger partial charge in [0.1, 0.15) is 0 Å². The van der Waals surface area contributed by atoms with Crippen LogP contribution >= 0.6 is 0 Å². The van der Waals surface area contributed by atoms with Crippen molar-refractivity contribution in [2.45, 2.75) is 141 Å². The average molecular weight is 387 g/mol. The van der Waals surface area contributed by atoms with Gasteiger partial charge in [0.05, 0.1) is 0 Å². The van der Waals surface area contributed by atoms with Crippen molar-refractivity contribution in [2.75, 3.05) is 0 Å². The molecule has 0 saturated heterocycles. The molecule has 162 valence electrons. The van der Waals surface area contributed by atoms with Crippen LogP contribution in [0.5, 0.6) is 0 Å². The predicted molar refractivity (Wildman–Crippen MR) is 123 cm³/mol. The summed E-state index contributed by atoms with van der Waals surface area (Å²) in [5.41, 5.74) is 0. The molecule has 4 fully saturated rings. The quantitative estimate of drug-likeness (QED) is 0.310. The normalized spacial score (nSPS) is 37.7. The molecule has 0 nitrogen and oxygen atoms in total. The van der Waals surface area contributed by atoms with Crippen LogP contribution in [0, 0.1) is 35.5 Å². The third kappa shape index (κ3) is 6.25. The van der Waals surface area contributed by atoms with Crippen LogP contribution in [0.3, 0.4) is 0 Å². The maximum atomic E-state index is 1.60. The Balaban J connectivity index is 0.928. The van der Waals surface area contributed by atoms with Crippen molar-refractivity contribution in [3.05, 3.63) is 0 Å². The molecular formula is C28H50. The zero-order chi connectivity index (χ0) is 19.0. The van der Waals surface area contributed by atoms with Gasteiger partial charge in [0, 0.05) is 0 Å². The van der Waals surface area contributed by atoms with Gasteiger partial charge >= 0.3 is 0 Å². The maximum absolute atomic E-state index is 1.60. The van der Waals surface area contributed by atoms with E-state index in [1.165, 1.54) is 51.4 Å². The highest BCUT2D eigenvalue weighted by Gasteiger charge is 2.34. The predicted octanol–water partition coefficient (Wildman–Crippen LogP) is 9.32. The van der Waals surface area contributed by atoms with Crippen molar-refractivity contribution in [1.82, 2.24) is 0 Å². The first-order valence-electron chi connectivity index (χ1n) is 13.9. The van der Waals surface area contributed by atoms with Gasteiger partial charge in [-0.3, -0.25) is 0 Å². The van der Waals surface area contributed by atoms with Gasteiger partial charge in [0.15, 0.2) is 0 Å². The monoisotopic (exact) mass is 386 g/mol. The fourth-order valence-corrected chi connectivity index (χ4v) is 8.05. The highest BCUT2D eigenvalue weighted by atomic mass is 14.4. The Hall–Kier alpha value is 0. The van der Waals surface area contributed by atoms with Crippen LogP contribution in [0.1, 0.15) is 141 Å². The van der Waals surface area contributed by atoms with Crippen molar-refractivity contribution in [1.29, 1.82) is 0 Å². The average Bonchev–Trinajstić information content (AvgIpc) is 3.37. The molecule has 28 heavy (non-hydrogen) atoms. The Kier molecular flexibility index (Phi) is 8.65. The lowest BCUT2D eigenvalue weighted by Crippen LogP contribution is -2.20. The van der Waals surface area contributed by atoms with E-state index >= 15 is 0 Å². The van der Waals surface area contributed by atoms with E-state index in [0.717, 1.165) is 35.5 Å². The summed E-state index contributed by atoms with van der Waals surface area (Å²) >= 11 is 0. The number of hydrogen-bond donors (Lipinski definition) is 0. The fourth-order valence-electron chi connectivity index (χ4n) is 8.05. The van der Waals surface area contributed by atoms with Crippen LogP contribution in [-0.2, 0) is 0 Å². The second-order valence-corrected chi connectivity index (χ2v) is 11.7. The molecule has 0 unspecified atom stereocenters. The molecule has 0 bridgehead atoms. The molecule has 4 rings (SSSR count). The number of unbranched alkanes of at least 4 members (excludes halogenated alkanes) is 7. The highest BCUT2D eigenvalue weighted by molar-refractivity contribution is 4.85. The van der Waals surface area contributed by atoms with Crippen LogP contribution < -0.4 is 0 Å². The van der Waals surface area contributed by atoms with Crippen LogP contribution in [0.2, 0.25) is 0 Å². The van der Waals surface area contributed by atoms with Crippen molar-refractivity contribution in [3.8, 4) is 0 Å². The SMILES string of the molecule is C(CCCCC[C@@H]1CC[C@@H]2CCC[C@H]2C1)CCCC[C@@H]1CC[C@@H]2CCC[C@@H]2C1. The molecule has 0 spiro atoms. The lowest BCUT2D eigenvalue weighted by molar-refractivity contribution is 0.197. The van der Waals surface area contributed by atoms with Crippen molar-refractivity contribution in [2.24, 2.45) is 35.5 Å². The van der Waals surface area contributed by atoms with Crippen LogP contribution in [0.15, 0.2) is 0 Å². The Morgan fingerprint density at radius 2 is 0.750 bits per heavy atom. The van der Waals surface area contributed by atoms with Gasteiger partial charge in [-0.15, -0.1) is 0 Å². The largest absolute Gasteiger partial charge is 0.0533 e. The van der Waals surface area contributed by atoms with E-state index in [1.54, 1.807) is 89.9 Å². The molecule has 0 heterocycles. The van der Waals surface area contributed by atoms with Gasteiger partial charge in [0.25, 0.3) is 0 Å². The summed E-state index contributed by atoms with van der Waals surface area (Å²) in [6, 6.07) is 0. The molecule has 4 aliphatic carbocycles. The molecule has 6 atom stereocenters. The van der Waals surface area contributed by atoms with E-state index in [2.05, 4.69) is 0 Å². The van der Waals surface area contributed by atoms with Crippen LogP contribution in [0.25, 0.3) is 0 Å². The third-order valence-corrected chi connectivity index (χ3v) is 9.77. The summed E-state index contributed by atoms with van der Waals surface area (Å²) in [4.78, 5) is 0. The van der Waals surface area contributed by atoms with Gasteiger partial charge < -0.3 is 0 Å². The van der Waals surface area contributed by atoms with Gasteiger partial charge in [-0.2, -0.15) is 0 Å². The first kappa shape index (κ1) is 21.2. The molecule has 0 aromatic heterocycles. The van der Waals surface area contributed by atoms with Gasteiger partial charge in [-0.1, -0.05) is 116 Å². The molecule has 0 amide bonds. The summed E-state index contributed by atoms with van der Waals surface area (Å²) in [5, 5.41) is 0. The summed E-state index contributed by atoms with van der Waals surface area (Å²) in [7, 11) is 0. The van der Waals surface area contributed by atoms with Crippen molar-refractivity contribution in [3.63, 3.8) is 0 Å². The lowest BCUT2D eigenvalue weighted by Gasteiger charge is -2.32. The van der Waals surface area contributed by atoms with E-state index in [9.17, 15) is 0 Å². The minimum atomic E-state index is 1.11. The van der Waals surface area contributed by atoms with Crippen LogP contribution in [0.4, 0.5) is 0 Å². The third-order valence-electron chi connectivity index (χ3n) is 9.77. The highest BCUT2D eigenvalue weighted by Crippen LogP contribution is 2.46. The topological polar surface area (TPSA) is 0 Å². The molecule has 4 aliphatic rings. The van der Waals surface area contributed by atoms with E-state index in [4.69, 9.17) is 0 Å². The summed E-state index contributed by atoms with van der Waals surface area (Å²) in [6.07, 6.45) is 34.2. The summed E-state index contributed by atoms with van der Waals surface area (Å²) in [6.45, 7) is 0. The number of rotatable bonds is 11. The number of fused-ring (bicyclic) bond motifs is 2. The Labute approximate surface area is 177 Å². The van der Waals surface area contributed by atoms with E-state index < -0.39 is 0 Å². The summed E-state index contributed by atoms with van der Waals surface area (Å²) in [5.74, 6) is 6.80. The van der Waals surface area contributed by atoms with Crippen LogP contribution in [-0.4, -0.2) is 0 Å². The zero-order valence-corrected chi connectivity index (χ0v) is 19.0. The van der Waals surface area contributed by atoms with Gasteiger partial charge in [0.2, 0.25) is 0 Å². The molecule has 0 heteroatoms. The standard InChI is InChI=1S/C28H50/c1(3-5-7-11-23-17-19-25-13-9-15-27(25)21-23)2-4-6-8-12-24-18-20-26-14-10-16-28(26)22-24/h23-28H,1-22H2/t23-,24-,25+,26+,27-,28+/m1/s1. The van der Waals surface area contributed by atoms with Gasteiger partial charge in [-0.25, -0.2) is 0 Å². The Morgan fingerprint density at radius 1 is 0.357 bits per heavy atom. The molecular weight excluding hydrogens is 336 g/mol. The lowest BCUT2D eigenvalue weighted by atomic mass is 9.74.